The number of thiophene rings is 1. The number of ether oxygens (including phenoxy) is 1. The Morgan fingerprint density at radius 2 is 2.00 bits per heavy atom. The van der Waals surface area contributed by atoms with E-state index in [-0.39, 0.29) is 24.7 Å². The molecule has 2 heterocycles. The van der Waals surface area contributed by atoms with Crippen LogP contribution in [0, 0.1) is 0 Å². The smallest absolute Gasteiger partial charge is 0.313 e. The molecule has 1 amide bonds. The predicted molar refractivity (Wildman–Crippen MR) is 102 cm³/mol. The maximum atomic E-state index is 12.5. The molecule has 0 bridgehead atoms. The summed E-state index contributed by atoms with van der Waals surface area (Å²) in [6.45, 7) is 2.17. The number of aromatic nitrogens is 1. The first-order valence-corrected chi connectivity index (χ1v) is 9.71. The van der Waals surface area contributed by atoms with Gasteiger partial charge in [0.15, 0.2) is 10.8 Å². The van der Waals surface area contributed by atoms with Crippen LogP contribution in [0.1, 0.15) is 39.9 Å². The van der Waals surface area contributed by atoms with Crippen molar-refractivity contribution in [1.82, 2.24) is 4.98 Å². The molecule has 26 heavy (non-hydrogen) atoms. The number of para-hydroxylation sites is 1. The molecular formula is C18H16N2O4S2. The zero-order valence-electron chi connectivity index (χ0n) is 14.0. The summed E-state index contributed by atoms with van der Waals surface area (Å²) in [5.41, 5.74) is 1.06. The van der Waals surface area contributed by atoms with Gasteiger partial charge in [0.25, 0.3) is 5.91 Å². The van der Waals surface area contributed by atoms with E-state index in [4.69, 9.17) is 4.74 Å². The van der Waals surface area contributed by atoms with Gasteiger partial charge in [-0.05, 0) is 30.0 Å². The van der Waals surface area contributed by atoms with Crippen molar-refractivity contribution in [3.63, 3.8) is 0 Å². The largest absolute Gasteiger partial charge is 0.465 e. The van der Waals surface area contributed by atoms with E-state index in [1.54, 1.807) is 11.4 Å². The molecule has 2 aromatic heterocycles. The summed E-state index contributed by atoms with van der Waals surface area (Å²) in [5, 5.41) is 5.14. The van der Waals surface area contributed by atoms with Crippen LogP contribution in [0.2, 0.25) is 0 Å². The average Bonchev–Trinajstić information content (AvgIpc) is 3.26. The van der Waals surface area contributed by atoms with Crippen molar-refractivity contribution < 1.29 is 19.1 Å². The van der Waals surface area contributed by atoms with Crippen LogP contribution in [0.5, 0.6) is 0 Å². The number of thiazole rings is 1. The number of hydrogen-bond donors (Lipinski definition) is 1. The first-order valence-electron chi connectivity index (χ1n) is 8.01. The monoisotopic (exact) mass is 388 g/mol. The van der Waals surface area contributed by atoms with Gasteiger partial charge in [-0.25, -0.2) is 4.98 Å². The minimum Gasteiger partial charge on any atom is -0.465 e. The molecule has 6 nitrogen and oxygen atoms in total. The van der Waals surface area contributed by atoms with E-state index in [1.807, 2.05) is 31.2 Å². The lowest BCUT2D eigenvalue weighted by atomic mass is 10.1. The third-order valence-electron chi connectivity index (χ3n) is 3.45. The summed E-state index contributed by atoms with van der Waals surface area (Å²) in [4.78, 5) is 40.7. The fraction of sp³-hybridized carbons (Fsp3) is 0.222. The maximum Gasteiger partial charge on any atom is 0.313 e. The molecule has 1 aromatic carbocycles. The number of anilines is 1. The number of nitrogens with zero attached hydrogens (tertiary/aromatic N) is 1. The second kappa shape index (κ2) is 8.20. The van der Waals surface area contributed by atoms with Crippen molar-refractivity contribution in [3.05, 3.63) is 46.3 Å². The lowest BCUT2D eigenvalue weighted by Gasteiger charge is -2.05. The van der Waals surface area contributed by atoms with E-state index in [1.165, 1.54) is 22.7 Å². The second-order valence-electron chi connectivity index (χ2n) is 5.42. The van der Waals surface area contributed by atoms with Gasteiger partial charge in [-0.1, -0.05) is 19.1 Å². The number of carbonyl (C=O) groups is 3. The molecule has 0 radical (unpaired) electrons. The number of esters is 1. The van der Waals surface area contributed by atoms with E-state index in [0.717, 1.165) is 10.2 Å². The van der Waals surface area contributed by atoms with Gasteiger partial charge in [-0.15, -0.1) is 22.7 Å². The average molecular weight is 388 g/mol. The van der Waals surface area contributed by atoms with Crippen molar-refractivity contribution in [3.8, 4) is 0 Å². The Bertz CT molecular complexity index is 928. The fourth-order valence-electron chi connectivity index (χ4n) is 2.24. The molecule has 0 saturated carbocycles. The van der Waals surface area contributed by atoms with E-state index >= 15 is 0 Å². The standard InChI is InChI=1S/C18H16N2O4S2/c1-2-8-24-15(22)10-13(21)11-7-9-25-17(11)20-16(23)18-19-12-5-3-4-6-14(12)26-18/h3-7,9H,2,8,10H2,1H3,(H,20,23). The zero-order valence-corrected chi connectivity index (χ0v) is 15.6. The van der Waals surface area contributed by atoms with Crippen LogP contribution >= 0.6 is 22.7 Å². The van der Waals surface area contributed by atoms with Crippen LogP contribution in [-0.4, -0.2) is 29.3 Å². The Kier molecular flexibility index (Phi) is 5.75. The van der Waals surface area contributed by atoms with Gasteiger partial charge in [0.1, 0.15) is 11.4 Å². The number of rotatable bonds is 7. The Balaban J connectivity index is 1.71. The summed E-state index contributed by atoms with van der Waals surface area (Å²) >= 11 is 2.51. The number of ketones is 1. The minimum atomic E-state index is -0.563. The lowest BCUT2D eigenvalue weighted by molar-refractivity contribution is -0.142. The van der Waals surface area contributed by atoms with Crippen molar-refractivity contribution in [2.75, 3.05) is 11.9 Å². The molecule has 0 aliphatic heterocycles. The summed E-state index contributed by atoms with van der Waals surface area (Å²) in [6, 6.07) is 9.07. The molecule has 3 aromatic rings. The van der Waals surface area contributed by atoms with Crippen molar-refractivity contribution in [2.45, 2.75) is 19.8 Å². The van der Waals surface area contributed by atoms with Gasteiger partial charge in [-0.3, -0.25) is 14.4 Å². The van der Waals surface area contributed by atoms with Crippen LogP contribution in [0.15, 0.2) is 35.7 Å². The third-order valence-corrected chi connectivity index (χ3v) is 5.32. The topological polar surface area (TPSA) is 85.4 Å². The van der Waals surface area contributed by atoms with Crippen LogP contribution < -0.4 is 5.32 Å². The second-order valence-corrected chi connectivity index (χ2v) is 7.37. The number of nitrogens with one attached hydrogen (secondary N) is 1. The first-order chi connectivity index (χ1) is 12.6. The summed E-state index contributed by atoms with van der Waals surface area (Å²) in [5.74, 6) is -1.32. The van der Waals surface area contributed by atoms with E-state index in [2.05, 4.69) is 10.3 Å². The SMILES string of the molecule is CCCOC(=O)CC(=O)c1ccsc1NC(=O)c1nc2ccccc2s1. The molecule has 134 valence electrons. The van der Waals surface area contributed by atoms with E-state index < -0.39 is 5.97 Å². The highest BCUT2D eigenvalue weighted by Gasteiger charge is 2.20. The molecule has 3 rings (SSSR count). The van der Waals surface area contributed by atoms with Gasteiger partial charge in [0.05, 0.1) is 22.4 Å². The molecule has 0 saturated heterocycles. The first kappa shape index (κ1) is 18.2. The van der Waals surface area contributed by atoms with Crippen LogP contribution in [0.3, 0.4) is 0 Å². The van der Waals surface area contributed by atoms with Crippen LogP contribution in [-0.2, 0) is 9.53 Å². The highest BCUT2D eigenvalue weighted by atomic mass is 32.1. The molecule has 1 N–H and O–H groups in total. The Morgan fingerprint density at radius 3 is 2.77 bits per heavy atom. The molecule has 0 aliphatic carbocycles. The van der Waals surface area contributed by atoms with Gasteiger partial charge in [0, 0.05) is 0 Å². The highest BCUT2D eigenvalue weighted by Crippen LogP contribution is 2.27. The molecule has 0 unspecified atom stereocenters. The van der Waals surface area contributed by atoms with Crippen LogP contribution in [0.25, 0.3) is 10.2 Å². The molecule has 8 heteroatoms. The lowest BCUT2D eigenvalue weighted by Crippen LogP contribution is -2.15. The number of carbonyl (C=O) groups excluding carboxylic acids is 3. The minimum absolute atomic E-state index is 0.289. The Labute approximate surface area is 157 Å². The normalized spacial score (nSPS) is 10.7. The summed E-state index contributed by atoms with van der Waals surface area (Å²) in [7, 11) is 0. The quantitative estimate of drug-likeness (QED) is 0.374. The summed E-state index contributed by atoms with van der Waals surface area (Å²) < 4.78 is 5.85. The Morgan fingerprint density at radius 1 is 1.19 bits per heavy atom. The number of benzene rings is 1. The van der Waals surface area contributed by atoms with Gasteiger partial charge in [0.2, 0.25) is 0 Å². The molecular weight excluding hydrogens is 372 g/mol. The predicted octanol–water partition coefficient (Wildman–Crippen LogP) is 4.14. The Hall–Kier alpha value is -2.58. The molecule has 0 aliphatic rings. The van der Waals surface area contributed by atoms with Crippen molar-refractivity contribution >= 4 is 55.6 Å². The third kappa shape index (κ3) is 4.14. The van der Waals surface area contributed by atoms with E-state index in [0.29, 0.717) is 22.0 Å². The number of amides is 1. The number of Topliss-reactive ketones (excluding diaryl/α,β-unsaturated/α-hetero) is 1. The van der Waals surface area contributed by atoms with Gasteiger partial charge in [-0.2, -0.15) is 0 Å². The fourth-order valence-corrected chi connectivity index (χ4v) is 3.91. The van der Waals surface area contributed by atoms with Gasteiger partial charge < -0.3 is 10.1 Å². The number of fused-ring (bicyclic) bond motifs is 1. The maximum absolute atomic E-state index is 12.5. The van der Waals surface area contributed by atoms with Crippen molar-refractivity contribution in [1.29, 1.82) is 0 Å². The van der Waals surface area contributed by atoms with Crippen molar-refractivity contribution in [2.24, 2.45) is 0 Å². The zero-order chi connectivity index (χ0) is 18.5. The number of hydrogen-bond acceptors (Lipinski definition) is 7. The van der Waals surface area contributed by atoms with E-state index in [9.17, 15) is 14.4 Å². The summed E-state index contributed by atoms with van der Waals surface area (Å²) in [6.07, 6.45) is 0.350. The molecule has 0 fully saturated rings. The van der Waals surface area contributed by atoms with Gasteiger partial charge >= 0.3 is 5.97 Å². The highest BCUT2D eigenvalue weighted by molar-refractivity contribution is 7.20. The van der Waals surface area contributed by atoms with Crippen LogP contribution in [0.4, 0.5) is 5.00 Å². The molecule has 0 atom stereocenters. The molecule has 0 spiro atoms.